The fourth-order valence-corrected chi connectivity index (χ4v) is 2.31. The molecule has 0 spiro atoms. The summed E-state index contributed by atoms with van der Waals surface area (Å²) in [6.07, 6.45) is 3.44. The van der Waals surface area contributed by atoms with Crippen molar-refractivity contribution < 1.29 is 4.74 Å². The zero-order chi connectivity index (χ0) is 14.1. The van der Waals surface area contributed by atoms with Crippen LogP contribution in [0.2, 0.25) is 0 Å². The lowest BCUT2D eigenvalue weighted by Gasteiger charge is -2.28. The van der Waals surface area contributed by atoms with Gasteiger partial charge in [0.2, 0.25) is 0 Å². The van der Waals surface area contributed by atoms with E-state index in [1.54, 1.807) is 0 Å². The molecule has 0 aliphatic heterocycles. The Morgan fingerprint density at radius 3 is 2.74 bits per heavy atom. The van der Waals surface area contributed by atoms with Crippen molar-refractivity contribution in [3.05, 3.63) is 28.7 Å². The molecule has 1 aromatic carbocycles. The summed E-state index contributed by atoms with van der Waals surface area (Å²) >= 11 is 3.46. The number of hydrogen-bond acceptors (Lipinski definition) is 2. The molecular formula is C16H26BrNO. The summed E-state index contributed by atoms with van der Waals surface area (Å²) in [7, 11) is 0. The maximum atomic E-state index is 5.83. The number of ether oxygens (including phenoxy) is 1. The molecule has 0 saturated heterocycles. The van der Waals surface area contributed by atoms with Gasteiger partial charge in [-0.15, -0.1) is 0 Å². The second-order valence-corrected chi connectivity index (χ2v) is 6.31. The highest BCUT2D eigenvalue weighted by Crippen LogP contribution is 2.25. The maximum absolute atomic E-state index is 5.83. The van der Waals surface area contributed by atoms with E-state index in [0.717, 1.165) is 36.3 Å². The lowest BCUT2D eigenvalue weighted by atomic mass is 9.84. The molecule has 1 rings (SSSR count). The zero-order valence-electron chi connectivity index (χ0n) is 12.3. The van der Waals surface area contributed by atoms with Crippen LogP contribution in [0.4, 0.5) is 0 Å². The quantitative estimate of drug-likeness (QED) is 0.667. The SMILES string of the molecule is CCCNCC(C)(CC)CCOc1cccc(Br)c1. The Morgan fingerprint density at radius 1 is 1.32 bits per heavy atom. The van der Waals surface area contributed by atoms with Crippen molar-refractivity contribution in [3.8, 4) is 5.75 Å². The van der Waals surface area contributed by atoms with E-state index < -0.39 is 0 Å². The van der Waals surface area contributed by atoms with Crippen molar-refractivity contribution in [3.63, 3.8) is 0 Å². The van der Waals surface area contributed by atoms with Crippen LogP contribution in [0.5, 0.6) is 5.75 Å². The van der Waals surface area contributed by atoms with Gasteiger partial charge in [-0.05, 0) is 49.4 Å². The highest BCUT2D eigenvalue weighted by atomic mass is 79.9. The van der Waals surface area contributed by atoms with Gasteiger partial charge in [-0.1, -0.05) is 42.8 Å². The monoisotopic (exact) mass is 327 g/mol. The van der Waals surface area contributed by atoms with Gasteiger partial charge in [0.25, 0.3) is 0 Å². The molecule has 0 heterocycles. The lowest BCUT2D eigenvalue weighted by Crippen LogP contribution is -2.33. The fourth-order valence-electron chi connectivity index (χ4n) is 1.93. The molecule has 108 valence electrons. The van der Waals surface area contributed by atoms with Gasteiger partial charge >= 0.3 is 0 Å². The molecule has 0 amide bonds. The average molecular weight is 328 g/mol. The van der Waals surface area contributed by atoms with Crippen LogP contribution in [0.1, 0.15) is 40.0 Å². The Kier molecular flexibility index (Phi) is 7.47. The zero-order valence-corrected chi connectivity index (χ0v) is 13.9. The van der Waals surface area contributed by atoms with E-state index in [-0.39, 0.29) is 0 Å². The van der Waals surface area contributed by atoms with E-state index in [0.29, 0.717) is 5.41 Å². The Balaban J connectivity index is 2.36. The van der Waals surface area contributed by atoms with Crippen LogP contribution in [0, 0.1) is 5.41 Å². The van der Waals surface area contributed by atoms with Crippen LogP contribution in [-0.4, -0.2) is 19.7 Å². The molecule has 0 radical (unpaired) electrons. The van der Waals surface area contributed by atoms with Crippen LogP contribution < -0.4 is 10.1 Å². The standard InChI is InChI=1S/C16H26BrNO/c1-4-10-18-13-16(3,5-2)9-11-19-15-8-6-7-14(17)12-15/h6-8,12,18H,4-5,9-11,13H2,1-3H3. The van der Waals surface area contributed by atoms with E-state index in [9.17, 15) is 0 Å². The highest BCUT2D eigenvalue weighted by molar-refractivity contribution is 9.10. The number of rotatable bonds is 9. The molecule has 19 heavy (non-hydrogen) atoms. The van der Waals surface area contributed by atoms with Gasteiger partial charge in [0.05, 0.1) is 6.61 Å². The third-order valence-corrected chi connectivity index (χ3v) is 4.10. The smallest absolute Gasteiger partial charge is 0.120 e. The Labute approximate surface area is 126 Å². The molecule has 0 aliphatic rings. The van der Waals surface area contributed by atoms with E-state index in [4.69, 9.17) is 4.74 Å². The Morgan fingerprint density at radius 2 is 2.11 bits per heavy atom. The molecule has 0 saturated carbocycles. The Bertz CT molecular complexity index is 370. The van der Waals surface area contributed by atoms with Crippen LogP contribution in [0.25, 0.3) is 0 Å². The van der Waals surface area contributed by atoms with Crippen molar-refractivity contribution in [1.29, 1.82) is 0 Å². The minimum Gasteiger partial charge on any atom is -0.494 e. The van der Waals surface area contributed by atoms with Gasteiger partial charge in [0.15, 0.2) is 0 Å². The van der Waals surface area contributed by atoms with E-state index in [2.05, 4.69) is 42.0 Å². The number of benzene rings is 1. The normalized spacial score (nSPS) is 14.1. The predicted molar refractivity (Wildman–Crippen MR) is 85.8 cm³/mol. The molecular weight excluding hydrogens is 302 g/mol. The van der Waals surface area contributed by atoms with Gasteiger partial charge in [-0.3, -0.25) is 0 Å². The van der Waals surface area contributed by atoms with Crippen LogP contribution in [0.3, 0.4) is 0 Å². The second kappa shape index (κ2) is 8.60. The largest absolute Gasteiger partial charge is 0.494 e. The van der Waals surface area contributed by atoms with Crippen LogP contribution in [0.15, 0.2) is 28.7 Å². The molecule has 1 N–H and O–H groups in total. The van der Waals surface area contributed by atoms with Gasteiger partial charge < -0.3 is 10.1 Å². The number of halogens is 1. The second-order valence-electron chi connectivity index (χ2n) is 5.40. The van der Waals surface area contributed by atoms with E-state index in [1.807, 2.05) is 24.3 Å². The number of nitrogens with one attached hydrogen (secondary N) is 1. The summed E-state index contributed by atoms with van der Waals surface area (Å²) in [6.45, 7) is 9.73. The summed E-state index contributed by atoms with van der Waals surface area (Å²) in [5, 5.41) is 3.52. The first-order valence-corrected chi connectivity index (χ1v) is 7.98. The van der Waals surface area contributed by atoms with Crippen LogP contribution in [-0.2, 0) is 0 Å². The van der Waals surface area contributed by atoms with Gasteiger partial charge in [-0.2, -0.15) is 0 Å². The molecule has 3 heteroatoms. The first-order valence-electron chi connectivity index (χ1n) is 7.19. The molecule has 1 atom stereocenters. The topological polar surface area (TPSA) is 21.3 Å². The van der Waals surface area contributed by atoms with Crippen molar-refractivity contribution in [2.45, 2.75) is 40.0 Å². The third kappa shape index (κ3) is 6.44. The van der Waals surface area contributed by atoms with Crippen molar-refractivity contribution in [2.75, 3.05) is 19.7 Å². The molecule has 1 unspecified atom stereocenters. The number of hydrogen-bond donors (Lipinski definition) is 1. The molecule has 2 nitrogen and oxygen atoms in total. The summed E-state index contributed by atoms with van der Waals surface area (Å²) in [5.74, 6) is 0.939. The first-order chi connectivity index (χ1) is 9.09. The summed E-state index contributed by atoms with van der Waals surface area (Å²) in [6, 6.07) is 8.03. The minimum absolute atomic E-state index is 0.321. The predicted octanol–water partition coefficient (Wildman–Crippen LogP) is 4.63. The molecule has 0 aromatic heterocycles. The summed E-state index contributed by atoms with van der Waals surface area (Å²) < 4.78 is 6.90. The van der Waals surface area contributed by atoms with E-state index in [1.165, 1.54) is 12.8 Å². The molecule has 0 fully saturated rings. The van der Waals surface area contributed by atoms with Crippen molar-refractivity contribution in [1.82, 2.24) is 5.32 Å². The minimum atomic E-state index is 0.321. The fraction of sp³-hybridized carbons (Fsp3) is 0.625. The van der Waals surface area contributed by atoms with Gasteiger partial charge in [0.1, 0.15) is 5.75 Å². The van der Waals surface area contributed by atoms with E-state index >= 15 is 0 Å². The highest BCUT2D eigenvalue weighted by Gasteiger charge is 2.21. The van der Waals surface area contributed by atoms with Gasteiger partial charge in [-0.25, -0.2) is 0 Å². The lowest BCUT2D eigenvalue weighted by molar-refractivity contribution is 0.200. The summed E-state index contributed by atoms with van der Waals surface area (Å²) in [4.78, 5) is 0. The molecule has 1 aromatic rings. The third-order valence-electron chi connectivity index (χ3n) is 3.60. The summed E-state index contributed by atoms with van der Waals surface area (Å²) in [5.41, 5.74) is 0.321. The average Bonchev–Trinajstić information content (AvgIpc) is 2.39. The Hall–Kier alpha value is -0.540. The first kappa shape index (κ1) is 16.5. The van der Waals surface area contributed by atoms with Gasteiger partial charge in [0, 0.05) is 11.0 Å². The van der Waals surface area contributed by atoms with Crippen LogP contribution >= 0.6 is 15.9 Å². The molecule has 0 aliphatic carbocycles. The maximum Gasteiger partial charge on any atom is 0.120 e. The van der Waals surface area contributed by atoms with Crippen molar-refractivity contribution in [2.24, 2.45) is 5.41 Å². The molecule has 0 bridgehead atoms. The van der Waals surface area contributed by atoms with Crippen molar-refractivity contribution >= 4 is 15.9 Å².